The van der Waals surface area contributed by atoms with Crippen LogP contribution in [0, 0.1) is 11.2 Å². The number of carbonyl (C=O) groups is 1. The number of hydrogen-bond acceptors (Lipinski definition) is 3. The van der Waals surface area contributed by atoms with Crippen molar-refractivity contribution in [3.8, 4) is 5.75 Å². The van der Waals surface area contributed by atoms with Gasteiger partial charge < -0.3 is 15.8 Å². The van der Waals surface area contributed by atoms with E-state index in [1.165, 1.54) is 12.1 Å². The Morgan fingerprint density at radius 1 is 1.45 bits per heavy atom. The minimum absolute atomic E-state index is 0.0536. The second kappa shape index (κ2) is 7.09. The Labute approximate surface area is 131 Å². The van der Waals surface area contributed by atoms with Gasteiger partial charge in [-0.25, -0.2) is 4.39 Å². The van der Waals surface area contributed by atoms with Crippen molar-refractivity contribution in [2.45, 2.75) is 45.6 Å². The third-order valence-electron chi connectivity index (χ3n) is 4.77. The van der Waals surface area contributed by atoms with Gasteiger partial charge in [-0.1, -0.05) is 13.8 Å². The molecule has 1 aromatic carbocycles. The summed E-state index contributed by atoms with van der Waals surface area (Å²) in [4.78, 5) is 12.7. The molecule has 1 atom stereocenters. The topological polar surface area (TPSA) is 64.4 Å². The quantitative estimate of drug-likeness (QED) is 0.879. The van der Waals surface area contributed by atoms with E-state index in [0.29, 0.717) is 37.3 Å². The van der Waals surface area contributed by atoms with E-state index in [1.54, 1.807) is 6.07 Å². The molecule has 0 aromatic heterocycles. The van der Waals surface area contributed by atoms with Crippen LogP contribution in [0.5, 0.6) is 5.75 Å². The molecule has 1 aliphatic rings. The maximum atomic E-state index is 13.6. The van der Waals surface area contributed by atoms with E-state index in [2.05, 4.69) is 5.32 Å². The Morgan fingerprint density at radius 2 is 2.18 bits per heavy atom. The van der Waals surface area contributed by atoms with E-state index in [4.69, 9.17) is 10.5 Å². The number of halogens is 1. The highest BCUT2D eigenvalue weighted by Gasteiger charge is 2.35. The van der Waals surface area contributed by atoms with Crippen LogP contribution in [0.3, 0.4) is 0 Å². The van der Waals surface area contributed by atoms with Crippen LogP contribution in [0.4, 0.5) is 4.39 Å². The molecule has 1 amide bonds. The van der Waals surface area contributed by atoms with E-state index in [9.17, 15) is 9.18 Å². The third-order valence-corrected chi connectivity index (χ3v) is 4.77. The van der Waals surface area contributed by atoms with Gasteiger partial charge in [0.15, 0.2) is 0 Å². The first-order valence-electron chi connectivity index (χ1n) is 7.99. The molecule has 0 saturated heterocycles. The van der Waals surface area contributed by atoms with Crippen molar-refractivity contribution in [2.24, 2.45) is 11.1 Å². The fourth-order valence-corrected chi connectivity index (χ4v) is 2.96. The summed E-state index contributed by atoms with van der Waals surface area (Å²) < 4.78 is 19.2. The smallest absolute Gasteiger partial charge is 0.227 e. The Morgan fingerprint density at radius 3 is 2.82 bits per heavy atom. The molecule has 0 bridgehead atoms. The summed E-state index contributed by atoms with van der Waals surface area (Å²) in [5, 5.41) is 3.07. The van der Waals surface area contributed by atoms with Crippen LogP contribution < -0.4 is 15.8 Å². The van der Waals surface area contributed by atoms with Gasteiger partial charge in [0.2, 0.25) is 5.91 Å². The molecular formula is C17H25FN2O2. The van der Waals surface area contributed by atoms with Crippen molar-refractivity contribution in [3.05, 3.63) is 29.6 Å². The predicted octanol–water partition coefficient (Wildman–Crippen LogP) is 2.92. The number of nitrogens with one attached hydrogen (secondary N) is 1. The lowest BCUT2D eigenvalue weighted by Crippen LogP contribution is -2.46. The molecule has 122 valence electrons. The molecule has 0 fully saturated rings. The molecular weight excluding hydrogens is 283 g/mol. The minimum Gasteiger partial charge on any atom is -0.493 e. The van der Waals surface area contributed by atoms with Crippen LogP contribution in [0.1, 0.15) is 51.1 Å². The zero-order chi connectivity index (χ0) is 16.2. The van der Waals surface area contributed by atoms with Gasteiger partial charge in [0.1, 0.15) is 11.6 Å². The maximum absolute atomic E-state index is 13.6. The summed E-state index contributed by atoms with van der Waals surface area (Å²) >= 11 is 0. The van der Waals surface area contributed by atoms with Crippen molar-refractivity contribution in [1.29, 1.82) is 0 Å². The summed E-state index contributed by atoms with van der Waals surface area (Å²) in [6, 6.07) is 4.23. The SMILES string of the molecule is CCC(CC)(CN)C(=O)NC1CCCOc2ccc(F)cc21. The van der Waals surface area contributed by atoms with Crippen molar-refractivity contribution in [3.63, 3.8) is 0 Å². The second-order valence-corrected chi connectivity index (χ2v) is 5.89. The zero-order valence-corrected chi connectivity index (χ0v) is 13.3. The van der Waals surface area contributed by atoms with E-state index in [-0.39, 0.29) is 17.8 Å². The van der Waals surface area contributed by atoms with Crippen LogP contribution in [0.15, 0.2) is 18.2 Å². The van der Waals surface area contributed by atoms with E-state index >= 15 is 0 Å². The molecule has 5 heteroatoms. The van der Waals surface area contributed by atoms with E-state index < -0.39 is 5.41 Å². The predicted molar refractivity (Wildman–Crippen MR) is 84.1 cm³/mol. The van der Waals surface area contributed by atoms with Gasteiger partial charge in [-0.2, -0.15) is 0 Å². The Balaban J connectivity index is 2.26. The normalized spacial score (nSPS) is 18.1. The lowest BCUT2D eigenvalue weighted by molar-refractivity contribution is -0.131. The van der Waals surface area contributed by atoms with Gasteiger partial charge in [0.05, 0.1) is 18.1 Å². The van der Waals surface area contributed by atoms with Crippen molar-refractivity contribution < 1.29 is 13.9 Å². The molecule has 4 nitrogen and oxygen atoms in total. The van der Waals surface area contributed by atoms with Crippen molar-refractivity contribution in [2.75, 3.05) is 13.2 Å². The molecule has 0 aliphatic carbocycles. The first kappa shape index (κ1) is 16.7. The van der Waals surface area contributed by atoms with Gasteiger partial charge in [0, 0.05) is 12.1 Å². The van der Waals surface area contributed by atoms with Gasteiger partial charge in [0.25, 0.3) is 0 Å². The van der Waals surface area contributed by atoms with Crippen molar-refractivity contribution >= 4 is 5.91 Å². The Bertz CT molecular complexity index is 521. The highest BCUT2D eigenvalue weighted by molar-refractivity contribution is 5.83. The van der Waals surface area contributed by atoms with Gasteiger partial charge in [-0.15, -0.1) is 0 Å². The fourth-order valence-electron chi connectivity index (χ4n) is 2.96. The number of fused-ring (bicyclic) bond motifs is 1. The van der Waals surface area contributed by atoms with Crippen LogP contribution in [-0.2, 0) is 4.79 Å². The average molecular weight is 308 g/mol. The summed E-state index contributed by atoms with van der Waals surface area (Å²) in [5.74, 6) is 0.275. The molecule has 3 N–H and O–H groups in total. The minimum atomic E-state index is -0.555. The van der Waals surface area contributed by atoms with E-state index in [1.807, 2.05) is 13.8 Å². The zero-order valence-electron chi connectivity index (χ0n) is 13.3. The molecule has 1 heterocycles. The fraction of sp³-hybridized carbons (Fsp3) is 0.588. The Kier molecular flexibility index (Phi) is 5.40. The summed E-state index contributed by atoms with van der Waals surface area (Å²) in [6.07, 6.45) is 2.92. The summed E-state index contributed by atoms with van der Waals surface area (Å²) in [5.41, 5.74) is 6.00. The number of ether oxygens (including phenoxy) is 1. The number of benzene rings is 1. The molecule has 22 heavy (non-hydrogen) atoms. The third kappa shape index (κ3) is 3.24. The number of nitrogens with two attached hydrogens (primary N) is 1. The first-order valence-corrected chi connectivity index (χ1v) is 7.99. The Hall–Kier alpha value is -1.62. The molecule has 0 saturated carbocycles. The summed E-state index contributed by atoms with van der Waals surface area (Å²) in [6.45, 7) is 4.83. The highest BCUT2D eigenvalue weighted by Crippen LogP contribution is 2.34. The lowest BCUT2D eigenvalue weighted by Gasteiger charge is -2.31. The molecule has 1 aromatic rings. The monoisotopic (exact) mass is 308 g/mol. The number of rotatable bonds is 5. The molecule has 0 radical (unpaired) electrons. The lowest BCUT2D eigenvalue weighted by atomic mass is 9.81. The van der Waals surface area contributed by atoms with Gasteiger partial charge in [-0.3, -0.25) is 4.79 Å². The largest absolute Gasteiger partial charge is 0.493 e. The summed E-state index contributed by atoms with van der Waals surface area (Å²) in [7, 11) is 0. The first-order chi connectivity index (χ1) is 10.6. The molecule has 2 rings (SSSR count). The number of hydrogen-bond donors (Lipinski definition) is 2. The van der Waals surface area contributed by atoms with Crippen LogP contribution >= 0.6 is 0 Å². The molecule has 1 aliphatic heterocycles. The standard InChI is InChI=1S/C17H25FN2O2/c1-3-17(4-2,11-19)16(21)20-14-6-5-9-22-15-8-7-12(18)10-13(14)15/h7-8,10,14H,3-6,9,11,19H2,1-2H3,(H,20,21). The molecule has 1 unspecified atom stereocenters. The van der Waals surface area contributed by atoms with E-state index in [0.717, 1.165) is 12.8 Å². The van der Waals surface area contributed by atoms with Gasteiger partial charge >= 0.3 is 0 Å². The van der Waals surface area contributed by atoms with Gasteiger partial charge in [-0.05, 0) is 43.9 Å². The number of carbonyl (C=O) groups excluding carboxylic acids is 1. The highest BCUT2D eigenvalue weighted by atomic mass is 19.1. The van der Waals surface area contributed by atoms with Crippen LogP contribution in [-0.4, -0.2) is 19.1 Å². The molecule has 0 spiro atoms. The maximum Gasteiger partial charge on any atom is 0.227 e. The van der Waals surface area contributed by atoms with Crippen LogP contribution in [0.2, 0.25) is 0 Å². The number of amides is 1. The average Bonchev–Trinajstić information content (AvgIpc) is 2.72. The van der Waals surface area contributed by atoms with Crippen LogP contribution in [0.25, 0.3) is 0 Å². The second-order valence-electron chi connectivity index (χ2n) is 5.89. The van der Waals surface area contributed by atoms with Crippen molar-refractivity contribution in [1.82, 2.24) is 5.32 Å².